The second-order valence-electron chi connectivity index (χ2n) is 6.06. The van der Waals surface area contributed by atoms with Gasteiger partial charge in [-0.2, -0.15) is 0 Å². The van der Waals surface area contributed by atoms with Gasteiger partial charge >= 0.3 is 0 Å². The molecule has 0 saturated heterocycles. The van der Waals surface area contributed by atoms with Gasteiger partial charge in [0.2, 0.25) is 0 Å². The second-order valence-corrected chi connectivity index (χ2v) is 6.06. The van der Waals surface area contributed by atoms with Gasteiger partial charge in [-0.05, 0) is 41.8 Å². The van der Waals surface area contributed by atoms with Gasteiger partial charge in [-0.1, -0.05) is 12.1 Å². The number of nitrogens with one attached hydrogen (secondary N) is 1. The van der Waals surface area contributed by atoms with Gasteiger partial charge in [-0.3, -0.25) is 4.79 Å². The summed E-state index contributed by atoms with van der Waals surface area (Å²) >= 11 is 0. The largest absolute Gasteiger partial charge is 0.361 e. The summed E-state index contributed by atoms with van der Waals surface area (Å²) in [6, 6.07) is 1.69. The first kappa shape index (κ1) is 15.7. The monoisotopic (exact) mass is 267 g/mol. The van der Waals surface area contributed by atoms with E-state index in [0.717, 1.165) is 12.2 Å². The highest BCUT2D eigenvalue weighted by Gasteiger charge is 2.40. The van der Waals surface area contributed by atoms with E-state index in [-0.39, 0.29) is 11.4 Å². The molecule has 0 aliphatic rings. The van der Waals surface area contributed by atoms with E-state index < -0.39 is 5.54 Å². The zero-order chi connectivity index (χ0) is 14.8. The molecule has 108 valence electrons. The van der Waals surface area contributed by atoms with E-state index in [0.29, 0.717) is 5.69 Å². The molecule has 5 heteroatoms. The van der Waals surface area contributed by atoms with Crippen LogP contribution in [0.5, 0.6) is 0 Å². The molecule has 0 atom stereocenters. The molecule has 0 aliphatic carbocycles. The third kappa shape index (κ3) is 3.15. The summed E-state index contributed by atoms with van der Waals surface area (Å²) in [5.74, 6) is 0.512. The van der Waals surface area contributed by atoms with Crippen LogP contribution in [-0.2, 0) is 6.42 Å². The Labute approximate surface area is 115 Å². The molecule has 0 fully saturated rings. The van der Waals surface area contributed by atoms with Crippen molar-refractivity contribution in [3.8, 4) is 0 Å². The van der Waals surface area contributed by atoms with Gasteiger partial charge in [-0.15, -0.1) is 0 Å². The number of rotatable bonds is 5. The summed E-state index contributed by atoms with van der Waals surface area (Å²) in [5.41, 5.74) is -0.265. The maximum Gasteiger partial charge on any atom is 0.273 e. The molecule has 19 heavy (non-hydrogen) atoms. The van der Waals surface area contributed by atoms with Crippen LogP contribution in [-0.4, -0.2) is 41.1 Å². The van der Waals surface area contributed by atoms with E-state index >= 15 is 0 Å². The fraction of sp³-hybridized carbons (Fsp3) is 0.714. The van der Waals surface area contributed by atoms with Crippen molar-refractivity contribution < 1.29 is 9.32 Å². The first-order valence-electron chi connectivity index (χ1n) is 6.57. The van der Waals surface area contributed by atoms with Gasteiger partial charge in [0.25, 0.3) is 5.91 Å². The first-order chi connectivity index (χ1) is 8.61. The number of nitrogens with zero attached hydrogens (tertiary/aromatic N) is 2. The van der Waals surface area contributed by atoms with Gasteiger partial charge in [0.15, 0.2) is 5.69 Å². The minimum atomic E-state index is -0.404. The van der Waals surface area contributed by atoms with Crippen molar-refractivity contribution in [2.24, 2.45) is 0 Å². The highest BCUT2D eigenvalue weighted by Crippen LogP contribution is 2.26. The molecule has 1 rings (SSSR count). The number of carbonyl (C=O) groups excluding carboxylic acids is 1. The van der Waals surface area contributed by atoms with Gasteiger partial charge in [-0.25, -0.2) is 0 Å². The number of likely N-dealkylation sites (N-methyl/N-ethyl adjacent to an activating group) is 1. The molecule has 0 aliphatic heterocycles. The summed E-state index contributed by atoms with van der Waals surface area (Å²) in [4.78, 5) is 14.3. The SMILES string of the molecule is CCc1cc(C(=O)NC(C)(C)C(C)(C)N(C)C)no1. The fourth-order valence-electron chi connectivity index (χ4n) is 1.65. The average molecular weight is 267 g/mol. The molecule has 1 N–H and O–H groups in total. The number of hydrogen-bond acceptors (Lipinski definition) is 4. The van der Waals surface area contributed by atoms with Crippen LogP contribution in [0.3, 0.4) is 0 Å². The van der Waals surface area contributed by atoms with Crippen LogP contribution < -0.4 is 5.32 Å². The third-order valence-corrected chi connectivity index (χ3v) is 4.21. The quantitative estimate of drug-likeness (QED) is 0.887. The van der Waals surface area contributed by atoms with Gasteiger partial charge in [0.05, 0.1) is 5.54 Å². The highest BCUT2D eigenvalue weighted by molar-refractivity contribution is 5.92. The topological polar surface area (TPSA) is 58.4 Å². The molecule has 1 amide bonds. The van der Waals surface area contributed by atoms with E-state index in [2.05, 4.69) is 29.2 Å². The smallest absolute Gasteiger partial charge is 0.273 e. The lowest BCUT2D eigenvalue weighted by molar-refractivity contribution is 0.0642. The average Bonchev–Trinajstić information content (AvgIpc) is 2.76. The Kier molecular flexibility index (Phi) is 4.40. The van der Waals surface area contributed by atoms with Gasteiger partial charge in [0.1, 0.15) is 5.76 Å². The van der Waals surface area contributed by atoms with E-state index in [1.54, 1.807) is 6.07 Å². The standard InChI is InChI=1S/C14H25N3O2/c1-8-10-9-11(16-19-10)12(18)15-13(2,3)14(4,5)17(6)7/h9H,8H2,1-7H3,(H,15,18). The van der Waals surface area contributed by atoms with E-state index in [1.807, 2.05) is 34.9 Å². The van der Waals surface area contributed by atoms with Crippen LogP contribution >= 0.6 is 0 Å². The second kappa shape index (κ2) is 5.33. The number of aromatic nitrogens is 1. The normalized spacial score (nSPS) is 12.8. The molecule has 5 nitrogen and oxygen atoms in total. The van der Waals surface area contributed by atoms with Crippen molar-refractivity contribution in [1.29, 1.82) is 0 Å². The third-order valence-electron chi connectivity index (χ3n) is 4.21. The molecule has 1 aromatic heterocycles. The zero-order valence-electron chi connectivity index (χ0n) is 13.0. The zero-order valence-corrected chi connectivity index (χ0v) is 13.0. The summed E-state index contributed by atoms with van der Waals surface area (Å²) in [5, 5.41) is 6.83. The van der Waals surface area contributed by atoms with Crippen LogP contribution in [0.15, 0.2) is 10.6 Å². The van der Waals surface area contributed by atoms with Crippen LogP contribution in [0.2, 0.25) is 0 Å². The minimum Gasteiger partial charge on any atom is -0.361 e. The van der Waals surface area contributed by atoms with E-state index in [4.69, 9.17) is 4.52 Å². The van der Waals surface area contributed by atoms with Crippen molar-refractivity contribution >= 4 is 5.91 Å². The highest BCUT2D eigenvalue weighted by atomic mass is 16.5. The van der Waals surface area contributed by atoms with Crippen molar-refractivity contribution in [3.63, 3.8) is 0 Å². The molecular weight excluding hydrogens is 242 g/mol. The summed E-state index contributed by atoms with van der Waals surface area (Å²) in [6.07, 6.45) is 0.729. The number of aryl methyl sites for hydroxylation is 1. The molecule has 1 aromatic rings. The minimum absolute atomic E-state index is 0.194. The van der Waals surface area contributed by atoms with Crippen LogP contribution in [0, 0.1) is 0 Å². The first-order valence-corrected chi connectivity index (χ1v) is 6.57. The summed E-state index contributed by atoms with van der Waals surface area (Å²) in [7, 11) is 4.00. The van der Waals surface area contributed by atoms with E-state index in [9.17, 15) is 4.79 Å². The molecule has 1 heterocycles. The lowest BCUT2D eigenvalue weighted by Crippen LogP contribution is -2.63. The molecule has 0 spiro atoms. The Morgan fingerprint density at radius 2 is 1.95 bits per heavy atom. The van der Waals surface area contributed by atoms with Crippen molar-refractivity contribution in [2.75, 3.05) is 14.1 Å². The van der Waals surface area contributed by atoms with Crippen LogP contribution in [0.4, 0.5) is 0 Å². The predicted octanol–water partition coefficient (Wildman–Crippen LogP) is 2.09. The molecular formula is C14H25N3O2. The Morgan fingerprint density at radius 1 is 1.37 bits per heavy atom. The number of carbonyl (C=O) groups is 1. The Morgan fingerprint density at radius 3 is 2.37 bits per heavy atom. The molecule has 0 saturated carbocycles. The molecule has 0 unspecified atom stereocenters. The number of hydrogen-bond donors (Lipinski definition) is 1. The van der Waals surface area contributed by atoms with Crippen molar-refractivity contribution in [3.05, 3.63) is 17.5 Å². The Hall–Kier alpha value is -1.36. The predicted molar refractivity (Wildman–Crippen MR) is 75.2 cm³/mol. The van der Waals surface area contributed by atoms with E-state index in [1.165, 1.54) is 0 Å². The van der Waals surface area contributed by atoms with Crippen molar-refractivity contribution in [2.45, 2.75) is 52.1 Å². The summed E-state index contributed by atoms with van der Waals surface area (Å²) < 4.78 is 5.06. The maximum absolute atomic E-state index is 12.2. The summed E-state index contributed by atoms with van der Waals surface area (Å²) in [6.45, 7) is 10.2. The van der Waals surface area contributed by atoms with Crippen LogP contribution in [0.25, 0.3) is 0 Å². The molecule has 0 radical (unpaired) electrons. The lowest BCUT2D eigenvalue weighted by atomic mass is 9.81. The Bertz CT molecular complexity index is 447. The van der Waals surface area contributed by atoms with Gasteiger partial charge < -0.3 is 14.7 Å². The maximum atomic E-state index is 12.2. The number of amides is 1. The molecule has 0 bridgehead atoms. The lowest BCUT2D eigenvalue weighted by Gasteiger charge is -2.46. The van der Waals surface area contributed by atoms with Crippen molar-refractivity contribution in [1.82, 2.24) is 15.4 Å². The molecule has 0 aromatic carbocycles. The van der Waals surface area contributed by atoms with Gasteiger partial charge in [0, 0.05) is 18.0 Å². The Balaban J connectivity index is 2.86. The van der Waals surface area contributed by atoms with Crippen LogP contribution in [0.1, 0.15) is 50.9 Å². The fourth-order valence-corrected chi connectivity index (χ4v) is 1.65.